The van der Waals surface area contributed by atoms with Crippen molar-refractivity contribution >= 4 is 17.3 Å². The molecule has 0 amide bonds. The predicted molar refractivity (Wildman–Crippen MR) is 128 cm³/mol. The molecule has 2 aromatic rings. The monoisotopic (exact) mass is 471 g/mol. The number of ether oxygens (including phenoxy) is 1. The van der Waals surface area contributed by atoms with Gasteiger partial charge in [-0.2, -0.15) is 0 Å². The number of rotatable bonds is 6. The molecule has 6 atom stereocenters. The van der Waals surface area contributed by atoms with E-state index in [9.17, 15) is 25.2 Å². The number of carboxylic acids is 1. The smallest absolute Gasteiger partial charge is 0.335 e. The van der Waals surface area contributed by atoms with Gasteiger partial charge < -0.3 is 34.5 Å². The molecule has 4 N–H and O–H groups in total. The van der Waals surface area contributed by atoms with Crippen molar-refractivity contribution in [1.82, 2.24) is 0 Å². The Balaban J connectivity index is 1.57. The van der Waals surface area contributed by atoms with Gasteiger partial charge in [0.15, 0.2) is 12.2 Å². The Hall–Kier alpha value is -2.49. The number of anilines is 2. The summed E-state index contributed by atoms with van der Waals surface area (Å²) < 4.78 is 5.76. The highest BCUT2D eigenvalue weighted by atomic mass is 16.6. The first-order chi connectivity index (χ1) is 16.1. The number of aryl methyl sites for hydroxylation is 2. The van der Waals surface area contributed by atoms with Gasteiger partial charge in [0.2, 0.25) is 6.23 Å². The quantitative estimate of drug-likeness (QED) is 0.473. The molecule has 2 heterocycles. The fourth-order valence-corrected chi connectivity index (χ4v) is 5.49. The lowest BCUT2D eigenvalue weighted by Crippen LogP contribution is -2.69. The van der Waals surface area contributed by atoms with Crippen LogP contribution in [0.15, 0.2) is 48.5 Å². The average Bonchev–Trinajstić information content (AvgIpc) is 2.94. The largest absolute Gasteiger partial charge is 0.479 e. The number of hydrogen-bond donors (Lipinski definition) is 4. The zero-order valence-electron chi connectivity index (χ0n) is 19.9. The Morgan fingerprint density at radius 1 is 0.971 bits per heavy atom. The summed E-state index contributed by atoms with van der Waals surface area (Å²) in [4.78, 5) is 13.9. The SMILES string of the molecule is CC(CN1c2ccccc2CCc2ccccc21)C[N+](C)(C)C1O[C@H](C(=O)O)[C@@H](O)[C@H](O)[C@H]1O. The van der Waals surface area contributed by atoms with Crippen LogP contribution in [0.25, 0.3) is 0 Å². The van der Waals surface area contributed by atoms with E-state index in [-0.39, 0.29) is 10.4 Å². The molecule has 34 heavy (non-hydrogen) atoms. The highest BCUT2D eigenvalue weighted by Crippen LogP contribution is 2.37. The summed E-state index contributed by atoms with van der Waals surface area (Å²) in [6.45, 7) is 3.38. The van der Waals surface area contributed by atoms with Gasteiger partial charge in [0.05, 0.1) is 20.6 Å². The Bertz CT molecular complexity index is 980. The minimum absolute atomic E-state index is 0.122. The Labute approximate surface area is 200 Å². The summed E-state index contributed by atoms with van der Waals surface area (Å²) in [6.07, 6.45) is -5.35. The van der Waals surface area contributed by atoms with Crippen molar-refractivity contribution in [2.24, 2.45) is 5.92 Å². The van der Waals surface area contributed by atoms with Gasteiger partial charge in [-0.3, -0.25) is 0 Å². The molecule has 0 radical (unpaired) electrons. The van der Waals surface area contributed by atoms with Crippen molar-refractivity contribution < 1.29 is 34.4 Å². The number of benzene rings is 2. The number of aliphatic hydroxyl groups is 3. The number of nitrogens with zero attached hydrogens (tertiary/aromatic N) is 2. The van der Waals surface area contributed by atoms with Crippen LogP contribution < -0.4 is 4.90 Å². The molecule has 4 rings (SSSR count). The van der Waals surface area contributed by atoms with Crippen molar-refractivity contribution in [3.8, 4) is 0 Å². The summed E-state index contributed by atoms with van der Waals surface area (Å²) in [7, 11) is 3.69. The number of quaternary nitrogens is 1. The number of carbonyl (C=O) groups is 1. The van der Waals surface area contributed by atoms with E-state index in [1.54, 1.807) is 0 Å². The third-order valence-corrected chi connectivity index (χ3v) is 7.03. The highest BCUT2D eigenvalue weighted by Gasteiger charge is 2.53. The van der Waals surface area contributed by atoms with E-state index in [1.165, 1.54) is 22.5 Å². The molecular formula is C26H35N2O6+. The van der Waals surface area contributed by atoms with Gasteiger partial charge in [-0.25, -0.2) is 4.79 Å². The molecule has 0 aromatic heterocycles. The van der Waals surface area contributed by atoms with Gasteiger partial charge in [-0.1, -0.05) is 43.3 Å². The minimum atomic E-state index is -1.69. The van der Waals surface area contributed by atoms with Crippen LogP contribution in [0.3, 0.4) is 0 Å². The second kappa shape index (κ2) is 9.64. The third kappa shape index (κ3) is 4.69. The molecule has 2 aromatic carbocycles. The number of likely N-dealkylation sites (N-methyl/N-ethyl adjacent to an activating group) is 1. The number of para-hydroxylation sites is 2. The Morgan fingerprint density at radius 3 is 2.03 bits per heavy atom. The van der Waals surface area contributed by atoms with Gasteiger partial charge in [-0.15, -0.1) is 0 Å². The zero-order chi connectivity index (χ0) is 24.6. The van der Waals surface area contributed by atoms with Crippen molar-refractivity contribution in [3.63, 3.8) is 0 Å². The first-order valence-electron chi connectivity index (χ1n) is 11.8. The molecule has 0 spiro atoms. The molecule has 0 bridgehead atoms. The van der Waals surface area contributed by atoms with Crippen molar-refractivity contribution in [2.45, 2.75) is 50.4 Å². The topological polar surface area (TPSA) is 110 Å². The Morgan fingerprint density at radius 2 is 1.50 bits per heavy atom. The number of carboxylic acid groups (broad SMARTS) is 1. The van der Waals surface area contributed by atoms with Crippen LogP contribution in [0, 0.1) is 5.92 Å². The maximum absolute atomic E-state index is 11.5. The van der Waals surface area contributed by atoms with E-state index >= 15 is 0 Å². The van der Waals surface area contributed by atoms with Crippen molar-refractivity contribution in [1.29, 1.82) is 0 Å². The van der Waals surface area contributed by atoms with Gasteiger partial charge in [0.1, 0.15) is 12.2 Å². The summed E-state index contributed by atoms with van der Waals surface area (Å²) in [5.74, 6) is -1.24. The molecular weight excluding hydrogens is 436 g/mol. The van der Waals surface area contributed by atoms with E-state index in [4.69, 9.17) is 4.74 Å². The molecule has 2 aliphatic heterocycles. The lowest BCUT2D eigenvalue weighted by Gasteiger charge is -2.47. The van der Waals surface area contributed by atoms with Crippen LogP contribution in [0.5, 0.6) is 0 Å². The third-order valence-electron chi connectivity index (χ3n) is 7.03. The molecule has 2 unspecified atom stereocenters. The molecule has 184 valence electrons. The van der Waals surface area contributed by atoms with E-state index < -0.39 is 36.6 Å². The molecule has 2 aliphatic rings. The number of aliphatic carboxylic acids is 1. The normalized spacial score (nSPS) is 27.9. The maximum Gasteiger partial charge on any atom is 0.335 e. The molecule has 8 heteroatoms. The van der Waals surface area contributed by atoms with Crippen LogP contribution in [0.1, 0.15) is 18.1 Å². The van der Waals surface area contributed by atoms with E-state index in [0.29, 0.717) is 13.1 Å². The van der Waals surface area contributed by atoms with E-state index in [2.05, 4.69) is 60.4 Å². The lowest BCUT2D eigenvalue weighted by molar-refractivity contribution is -0.947. The zero-order valence-corrected chi connectivity index (χ0v) is 19.9. The molecule has 1 saturated heterocycles. The predicted octanol–water partition coefficient (Wildman–Crippen LogP) is 1.53. The van der Waals surface area contributed by atoms with Gasteiger partial charge in [0, 0.05) is 23.8 Å². The number of hydrogen-bond acceptors (Lipinski definition) is 6. The van der Waals surface area contributed by atoms with Crippen LogP contribution in [0.2, 0.25) is 0 Å². The fourth-order valence-electron chi connectivity index (χ4n) is 5.49. The van der Waals surface area contributed by atoms with Crippen LogP contribution >= 0.6 is 0 Å². The Kier molecular flexibility index (Phi) is 6.98. The maximum atomic E-state index is 11.5. The summed E-state index contributed by atoms with van der Waals surface area (Å²) in [5, 5.41) is 40.4. The second-order valence-electron chi connectivity index (χ2n) is 10.2. The van der Waals surface area contributed by atoms with Gasteiger partial charge in [0.25, 0.3) is 0 Å². The van der Waals surface area contributed by atoms with Crippen LogP contribution in [-0.2, 0) is 22.4 Å². The molecule has 1 fully saturated rings. The van der Waals surface area contributed by atoms with Crippen molar-refractivity contribution in [3.05, 3.63) is 59.7 Å². The van der Waals surface area contributed by atoms with Crippen LogP contribution in [-0.4, -0.2) is 88.7 Å². The van der Waals surface area contributed by atoms with E-state index in [1.807, 2.05) is 14.1 Å². The number of fused-ring (bicyclic) bond motifs is 2. The van der Waals surface area contributed by atoms with Gasteiger partial charge in [-0.05, 0) is 36.1 Å². The second-order valence-corrected chi connectivity index (χ2v) is 10.2. The average molecular weight is 472 g/mol. The first-order valence-corrected chi connectivity index (χ1v) is 11.8. The minimum Gasteiger partial charge on any atom is -0.479 e. The summed E-state index contributed by atoms with van der Waals surface area (Å²) in [6, 6.07) is 16.9. The van der Waals surface area contributed by atoms with Gasteiger partial charge >= 0.3 is 5.97 Å². The lowest BCUT2D eigenvalue weighted by atomic mass is 9.96. The molecule has 8 nitrogen and oxygen atoms in total. The van der Waals surface area contributed by atoms with E-state index in [0.717, 1.165) is 12.8 Å². The summed E-state index contributed by atoms with van der Waals surface area (Å²) >= 11 is 0. The molecule has 0 aliphatic carbocycles. The van der Waals surface area contributed by atoms with Crippen LogP contribution in [0.4, 0.5) is 11.4 Å². The molecule has 0 saturated carbocycles. The highest BCUT2D eigenvalue weighted by molar-refractivity contribution is 5.73. The summed E-state index contributed by atoms with van der Waals surface area (Å²) in [5.41, 5.74) is 4.96. The first kappa shape index (κ1) is 24.6. The standard InChI is InChI=1S/C26H34N2O6/c1-16(15-28(2,3)25-23(31)21(29)22(30)24(34-25)26(32)33)14-27-19-10-6-4-8-17(19)12-13-18-9-5-7-11-20(18)27/h4-11,16,21-25,29-31H,12-15H2,1-3H3/p+1/t16?,21-,22-,23+,24-,25?/m0/s1. The number of aliphatic hydroxyl groups excluding tert-OH is 3. The van der Waals surface area contributed by atoms with Crippen molar-refractivity contribution in [2.75, 3.05) is 32.1 Å². The fraction of sp³-hybridized carbons (Fsp3) is 0.500.